The van der Waals surface area contributed by atoms with Crippen molar-refractivity contribution < 1.29 is 9.53 Å². The average molecular weight is 307 g/mol. The molecule has 6 heteroatoms. The molecule has 0 saturated carbocycles. The molecule has 1 saturated heterocycles. The molecule has 1 aliphatic carbocycles. The number of carbonyl (C=O) groups is 1. The van der Waals surface area contributed by atoms with Gasteiger partial charge in [0, 0.05) is 31.4 Å². The van der Waals surface area contributed by atoms with Gasteiger partial charge in [-0.15, -0.1) is 11.3 Å². The number of aromatic nitrogens is 1. The Morgan fingerprint density at radius 2 is 2.33 bits per heavy atom. The molecule has 0 bridgehead atoms. The van der Waals surface area contributed by atoms with Gasteiger partial charge in [-0.2, -0.15) is 0 Å². The molecule has 1 N–H and O–H groups in total. The summed E-state index contributed by atoms with van der Waals surface area (Å²) in [7, 11) is 0. The van der Waals surface area contributed by atoms with E-state index in [0.717, 1.165) is 51.4 Å². The van der Waals surface area contributed by atoms with Gasteiger partial charge in [-0.05, 0) is 18.8 Å². The van der Waals surface area contributed by atoms with Crippen molar-refractivity contribution in [2.45, 2.75) is 25.8 Å². The zero-order valence-corrected chi connectivity index (χ0v) is 12.9. The molecule has 1 atom stereocenters. The molecule has 1 aliphatic heterocycles. The highest BCUT2D eigenvalue weighted by Crippen LogP contribution is 2.22. The topological polar surface area (TPSA) is 54.5 Å². The first-order valence-corrected chi connectivity index (χ1v) is 8.38. The number of amides is 1. The summed E-state index contributed by atoms with van der Waals surface area (Å²) >= 11 is 1.51. The lowest BCUT2D eigenvalue weighted by Gasteiger charge is -2.25. The molecule has 0 unspecified atom stereocenters. The van der Waals surface area contributed by atoms with Crippen molar-refractivity contribution in [3.05, 3.63) is 23.2 Å². The highest BCUT2D eigenvalue weighted by Gasteiger charge is 2.16. The largest absolute Gasteiger partial charge is 0.379 e. The average Bonchev–Trinajstić information content (AvgIpc) is 3.12. The Morgan fingerprint density at radius 3 is 3.10 bits per heavy atom. The number of ether oxygens (including phenoxy) is 1. The number of nitrogens with one attached hydrogen (secondary N) is 1. The molecule has 1 amide bonds. The van der Waals surface area contributed by atoms with E-state index >= 15 is 0 Å². The monoisotopic (exact) mass is 307 g/mol. The third-order valence-electron chi connectivity index (χ3n) is 3.85. The summed E-state index contributed by atoms with van der Waals surface area (Å²) in [4.78, 5) is 18.8. The molecule has 3 rings (SSSR count). The quantitative estimate of drug-likeness (QED) is 0.848. The fourth-order valence-corrected chi connectivity index (χ4v) is 3.42. The highest BCUT2D eigenvalue weighted by atomic mass is 32.1. The van der Waals surface area contributed by atoms with Gasteiger partial charge in [0.1, 0.15) is 0 Å². The number of allylic oxidation sites excluding steroid dienone is 2. The number of rotatable bonds is 5. The van der Waals surface area contributed by atoms with Gasteiger partial charge in [-0.3, -0.25) is 9.69 Å². The maximum atomic E-state index is 12.0. The van der Waals surface area contributed by atoms with Gasteiger partial charge < -0.3 is 10.1 Å². The second-order valence-electron chi connectivity index (χ2n) is 5.55. The predicted molar refractivity (Wildman–Crippen MR) is 83.3 cm³/mol. The minimum atomic E-state index is 0.0684. The normalized spacial score (nSPS) is 22.6. The summed E-state index contributed by atoms with van der Waals surface area (Å²) in [5.41, 5.74) is 1.03. The summed E-state index contributed by atoms with van der Waals surface area (Å²) in [5, 5.41) is 5.66. The SMILES string of the molecule is O=C(C[C@H]1C=CCC1)Nc1nc(CN2CCOCC2)cs1. The van der Waals surface area contributed by atoms with Crippen LogP contribution in [0.5, 0.6) is 0 Å². The number of nitrogens with zero attached hydrogens (tertiary/aromatic N) is 2. The maximum Gasteiger partial charge on any atom is 0.226 e. The van der Waals surface area contributed by atoms with Crippen molar-refractivity contribution >= 4 is 22.4 Å². The summed E-state index contributed by atoms with van der Waals surface area (Å²) in [6, 6.07) is 0. The first-order chi connectivity index (χ1) is 10.3. The Morgan fingerprint density at radius 1 is 1.48 bits per heavy atom. The van der Waals surface area contributed by atoms with E-state index in [0.29, 0.717) is 17.5 Å². The zero-order valence-electron chi connectivity index (χ0n) is 12.1. The fraction of sp³-hybridized carbons (Fsp3) is 0.600. The van der Waals surface area contributed by atoms with Crippen LogP contribution < -0.4 is 5.32 Å². The maximum absolute atomic E-state index is 12.0. The van der Waals surface area contributed by atoms with Crippen LogP contribution in [-0.2, 0) is 16.1 Å². The number of hydrogen-bond acceptors (Lipinski definition) is 5. The van der Waals surface area contributed by atoms with Gasteiger partial charge >= 0.3 is 0 Å². The van der Waals surface area contributed by atoms with E-state index in [2.05, 4.69) is 27.4 Å². The van der Waals surface area contributed by atoms with Crippen LogP contribution in [0.4, 0.5) is 5.13 Å². The molecular formula is C15H21N3O2S. The van der Waals surface area contributed by atoms with Crippen molar-refractivity contribution in [1.82, 2.24) is 9.88 Å². The molecule has 1 aromatic heterocycles. The van der Waals surface area contributed by atoms with Gasteiger partial charge in [-0.1, -0.05) is 12.2 Å². The minimum absolute atomic E-state index is 0.0684. The van der Waals surface area contributed by atoms with E-state index < -0.39 is 0 Å². The second kappa shape index (κ2) is 7.15. The molecule has 2 aliphatic rings. The van der Waals surface area contributed by atoms with Crippen LogP contribution >= 0.6 is 11.3 Å². The van der Waals surface area contributed by atoms with Crippen LogP contribution in [0.3, 0.4) is 0 Å². The van der Waals surface area contributed by atoms with Crippen molar-refractivity contribution in [3.63, 3.8) is 0 Å². The summed E-state index contributed by atoms with van der Waals surface area (Å²) in [6.07, 6.45) is 7.05. The molecule has 0 radical (unpaired) electrons. The van der Waals surface area contributed by atoms with Crippen molar-refractivity contribution in [1.29, 1.82) is 0 Å². The number of carbonyl (C=O) groups excluding carboxylic acids is 1. The van der Waals surface area contributed by atoms with E-state index in [1.54, 1.807) is 0 Å². The van der Waals surface area contributed by atoms with Crippen LogP contribution in [0, 0.1) is 5.92 Å². The van der Waals surface area contributed by atoms with Crippen molar-refractivity contribution in [2.24, 2.45) is 5.92 Å². The van der Waals surface area contributed by atoms with Gasteiger partial charge in [0.2, 0.25) is 5.91 Å². The molecule has 21 heavy (non-hydrogen) atoms. The lowest BCUT2D eigenvalue weighted by molar-refractivity contribution is -0.116. The van der Waals surface area contributed by atoms with Crippen LogP contribution in [0.2, 0.25) is 0 Å². The predicted octanol–water partition coefficient (Wildman–Crippen LogP) is 2.27. The number of morpholine rings is 1. The van der Waals surface area contributed by atoms with E-state index in [4.69, 9.17) is 4.74 Å². The Balaban J connectivity index is 1.47. The third kappa shape index (κ3) is 4.36. The molecule has 114 valence electrons. The van der Waals surface area contributed by atoms with Gasteiger partial charge in [0.05, 0.1) is 18.9 Å². The van der Waals surface area contributed by atoms with Crippen LogP contribution in [0.1, 0.15) is 25.0 Å². The lowest BCUT2D eigenvalue weighted by atomic mass is 10.1. The highest BCUT2D eigenvalue weighted by molar-refractivity contribution is 7.13. The van der Waals surface area contributed by atoms with Gasteiger partial charge in [0.25, 0.3) is 0 Å². The van der Waals surface area contributed by atoms with E-state index in [9.17, 15) is 4.79 Å². The third-order valence-corrected chi connectivity index (χ3v) is 4.65. The number of hydrogen-bond donors (Lipinski definition) is 1. The fourth-order valence-electron chi connectivity index (χ4n) is 2.70. The molecule has 0 aromatic carbocycles. The smallest absolute Gasteiger partial charge is 0.226 e. The zero-order chi connectivity index (χ0) is 14.5. The van der Waals surface area contributed by atoms with Gasteiger partial charge in [-0.25, -0.2) is 4.98 Å². The second-order valence-corrected chi connectivity index (χ2v) is 6.41. The first-order valence-electron chi connectivity index (χ1n) is 7.50. The lowest BCUT2D eigenvalue weighted by Crippen LogP contribution is -2.35. The minimum Gasteiger partial charge on any atom is -0.379 e. The number of thiazole rings is 1. The Labute approximate surface area is 129 Å². The summed E-state index contributed by atoms with van der Waals surface area (Å²) in [5.74, 6) is 0.469. The van der Waals surface area contributed by atoms with Crippen molar-refractivity contribution in [3.8, 4) is 0 Å². The van der Waals surface area contributed by atoms with E-state index in [1.807, 2.05) is 5.38 Å². The summed E-state index contributed by atoms with van der Waals surface area (Å²) in [6.45, 7) is 4.33. The van der Waals surface area contributed by atoms with Crippen LogP contribution in [0.15, 0.2) is 17.5 Å². The number of anilines is 1. The Kier molecular flexibility index (Phi) is 5.00. The standard InChI is InChI=1S/C15H21N3O2S/c19-14(9-12-3-1-2-4-12)17-15-16-13(11-21-15)10-18-5-7-20-8-6-18/h1,3,11-12H,2,4-10H2,(H,16,17,19)/t12-/m0/s1. The van der Waals surface area contributed by atoms with Crippen LogP contribution in [0.25, 0.3) is 0 Å². The molecule has 1 fully saturated rings. The van der Waals surface area contributed by atoms with E-state index in [1.165, 1.54) is 11.3 Å². The van der Waals surface area contributed by atoms with Crippen molar-refractivity contribution in [2.75, 3.05) is 31.6 Å². The van der Waals surface area contributed by atoms with Crippen LogP contribution in [-0.4, -0.2) is 42.1 Å². The molecule has 0 spiro atoms. The molecule has 2 heterocycles. The Bertz CT molecular complexity index is 509. The Hall–Kier alpha value is -1.24. The van der Waals surface area contributed by atoms with E-state index in [-0.39, 0.29) is 5.91 Å². The van der Waals surface area contributed by atoms with Gasteiger partial charge in [0.15, 0.2) is 5.13 Å². The molecular weight excluding hydrogens is 286 g/mol. The summed E-state index contributed by atoms with van der Waals surface area (Å²) < 4.78 is 5.34. The first kappa shape index (κ1) is 14.7. The molecule has 5 nitrogen and oxygen atoms in total. The molecule has 1 aromatic rings.